The standard InChI is InChI=1S/C11H17F3O3/c1-7(2)10(17)8(5-9(16)6-15)3-4-11(12,13)14/h7-8,15H,3-6H2,1-2H3. The number of carbonyl (C=O) groups is 2. The van der Waals surface area contributed by atoms with E-state index in [2.05, 4.69) is 0 Å². The molecule has 17 heavy (non-hydrogen) atoms. The zero-order chi connectivity index (χ0) is 13.6. The highest BCUT2D eigenvalue weighted by Gasteiger charge is 2.31. The van der Waals surface area contributed by atoms with Gasteiger partial charge in [0.15, 0.2) is 5.78 Å². The first-order valence-corrected chi connectivity index (χ1v) is 5.40. The normalized spacial score (nSPS) is 13.8. The molecule has 0 aromatic heterocycles. The van der Waals surface area contributed by atoms with Crippen LogP contribution in [0.25, 0.3) is 0 Å². The fourth-order valence-electron chi connectivity index (χ4n) is 1.49. The van der Waals surface area contributed by atoms with E-state index >= 15 is 0 Å². The van der Waals surface area contributed by atoms with Gasteiger partial charge in [0.25, 0.3) is 0 Å². The van der Waals surface area contributed by atoms with Gasteiger partial charge >= 0.3 is 6.18 Å². The molecule has 0 aromatic carbocycles. The number of ketones is 2. The minimum Gasteiger partial charge on any atom is -0.389 e. The highest BCUT2D eigenvalue weighted by Crippen LogP contribution is 2.27. The summed E-state index contributed by atoms with van der Waals surface area (Å²) < 4.78 is 36.2. The minimum atomic E-state index is -4.34. The van der Waals surface area contributed by atoms with Gasteiger partial charge in [0.1, 0.15) is 12.4 Å². The quantitative estimate of drug-likeness (QED) is 0.757. The fourth-order valence-corrected chi connectivity index (χ4v) is 1.49. The third-order valence-electron chi connectivity index (χ3n) is 2.40. The maximum atomic E-state index is 12.1. The lowest BCUT2D eigenvalue weighted by Gasteiger charge is -2.17. The lowest BCUT2D eigenvalue weighted by molar-refractivity contribution is -0.143. The molecule has 0 saturated heterocycles. The van der Waals surface area contributed by atoms with Crippen molar-refractivity contribution < 1.29 is 27.9 Å². The van der Waals surface area contributed by atoms with Crippen molar-refractivity contribution in [2.24, 2.45) is 11.8 Å². The number of aliphatic hydroxyl groups is 1. The van der Waals surface area contributed by atoms with Crippen LogP contribution in [0.2, 0.25) is 0 Å². The van der Waals surface area contributed by atoms with Gasteiger partial charge in [-0.15, -0.1) is 0 Å². The van der Waals surface area contributed by atoms with Crippen molar-refractivity contribution in [3.05, 3.63) is 0 Å². The summed E-state index contributed by atoms with van der Waals surface area (Å²) in [4.78, 5) is 22.6. The van der Waals surface area contributed by atoms with Crippen LogP contribution < -0.4 is 0 Å². The van der Waals surface area contributed by atoms with Gasteiger partial charge in [0.2, 0.25) is 0 Å². The summed E-state index contributed by atoms with van der Waals surface area (Å²) in [6, 6.07) is 0. The van der Waals surface area contributed by atoms with Crippen molar-refractivity contribution in [3.8, 4) is 0 Å². The summed E-state index contributed by atoms with van der Waals surface area (Å²) in [5.74, 6) is -2.33. The van der Waals surface area contributed by atoms with Gasteiger partial charge in [-0.1, -0.05) is 13.8 Å². The predicted molar refractivity (Wildman–Crippen MR) is 55.3 cm³/mol. The van der Waals surface area contributed by atoms with Crippen molar-refractivity contribution >= 4 is 11.6 Å². The Morgan fingerprint density at radius 2 is 1.76 bits per heavy atom. The Hall–Kier alpha value is -0.910. The second kappa shape index (κ2) is 6.74. The van der Waals surface area contributed by atoms with Crippen LogP contribution in [0, 0.1) is 11.8 Å². The largest absolute Gasteiger partial charge is 0.389 e. The van der Waals surface area contributed by atoms with Crippen LogP contribution in [0.1, 0.15) is 33.1 Å². The summed E-state index contributed by atoms with van der Waals surface area (Å²) in [6.07, 6.45) is -6.14. The van der Waals surface area contributed by atoms with Crippen molar-refractivity contribution in [1.82, 2.24) is 0 Å². The molecule has 1 unspecified atom stereocenters. The van der Waals surface area contributed by atoms with Gasteiger partial charge in [-0.3, -0.25) is 9.59 Å². The molecule has 0 aliphatic carbocycles. The first kappa shape index (κ1) is 16.1. The van der Waals surface area contributed by atoms with Crippen molar-refractivity contribution in [3.63, 3.8) is 0 Å². The SMILES string of the molecule is CC(C)C(=O)C(CCC(F)(F)F)CC(=O)CO. The second-order valence-corrected chi connectivity index (χ2v) is 4.31. The predicted octanol–water partition coefficient (Wildman–Crippen LogP) is 2.12. The Morgan fingerprint density at radius 1 is 1.24 bits per heavy atom. The molecule has 3 nitrogen and oxygen atoms in total. The van der Waals surface area contributed by atoms with Crippen molar-refractivity contribution in [2.45, 2.75) is 39.3 Å². The highest BCUT2D eigenvalue weighted by molar-refractivity contribution is 5.89. The Balaban J connectivity index is 4.51. The van der Waals surface area contributed by atoms with Gasteiger partial charge in [-0.25, -0.2) is 0 Å². The van der Waals surface area contributed by atoms with Crippen LogP contribution in [-0.2, 0) is 9.59 Å². The molecule has 0 radical (unpaired) electrons. The molecule has 0 aliphatic rings. The van der Waals surface area contributed by atoms with E-state index in [4.69, 9.17) is 5.11 Å². The Kier molecular flexibility index (Phi) is 6.37. The summed E-state index contributed by atoms with van der Waals surface area (Å²) >= 11 is 0. The van der Waals surface area contributed by atoms with E-state index in [9.17, 15) is 22.8 Å². The van der Waals surface area contributed by atoms with E-state index in [1.54, 1.807) is 13.8 Å². The third kappa shape index (κ3) is 7.10. The summed E-state index contributed by atoms with van der Waals surface area (Å²) in [7, 11) is 0. The van der Waals surface area contributed by atoms with E-state index in [-0.39, 0.29) is 12.2 Å². The Labute approximate surface area is 98.0 Å². The average Bonchev–Trinajstić information content (AvgIpc) is 2.21. The van der Waals surface area contributed by atoms with E-state index in [0.29, 0.717) is 0 Å². The summed E-state index contributed by atoms with van der Waals surface area (Å²) in [6.45, 7) is 2.41. The highest BCUT2D eigenvalue weighted by atomic mass is 19.4. The van der Waals surface area contributed by atoms with E-state index in [1.807, 2.05) is 0 Å². The molecule has 0 fully saturated rings. The van der Waals surface area contributed by atoms with Crippen LogP contribution >= 0.6 is 0 Å². The van der Waals surface area contributed by atoms with Gasteiger partial charge < -0.3 is 5.11 Å². The Morgan fingerprint density at radius 3 is 2.12 bits per heavy atom. The monoisotopic (exact) mass is 254 g/mol. The fraction of sp³-hybridized carbons (Fsp3) is 0.818. The number of halogens is 3. The van der Waals surface area contributed by atoms with Crippen LogP contribution in [0.3, 0.4) is 0 Å². The lowest BCUT2D eigenvalue weighted by Crippen LogP contribution is -2.25. The first-order valence-electron chi connectivity index (χ1n) is 5.40. The molecule has 0 rings (SSSR count). The first-order chi connectivity index (χ1) is 7.67. The molecule has 100 valence electrons. The van der Waals surface area contributed by atoms with Crippen LogP contribution in [-0.4, -0.2) is 29.5 Å². The zero-order valence-electron chi connectivity index (χ0n) is 9.88. The molecule has 0 aliphatic heterocycles. The summed E-state index contributed by atoms with van der Waals surface area (Å²) in [5, 5.41) is 8.55. The third-order valence-corrected chi connectivity index (χ3v) is 2.40. The molecule has 0 spiro atoms. The van der Waals surface area contributed by atoms with Crippen molar-refractivity contribution in [1.29, 1.82) is 0 Å². The molecule has 6 heteroatoms. The molecule has 1 N–H and O–H groups in total. The number of Topliss-reactive ketones (excluding diaryl/α,β-unsaturated/α-hetero) is 2. The number of rotatable bonds is 7. The Bertz CT molecular complexity index is 272. The molecule has 0 saturated carbocycles. The lowest BCUT2D eigenvalue weighted by atomic mass is 9.87. The minimum absolute atomic E-state index is 0.316. The summed E-state index contributed by atoms with van der Waals surface area (Å²) in [5.41, 5.74) is 0. The van der Waals surface area contributed by atoms with Gasteiger partial charge in [0.05, 0.1) is 0 Å². The second-order valence-electron chi connectivity index (χ2n) is 4.31. The maximum Gasteiger partial charge on any atom is 0.389 e. The molecular weight excluding hydrogens is 237 g/mol. The molecule has 0 bridgehead atoms. The number of carbonyl (C=O) groups excluding carboxylic acids is 2. The van der Waals surface area contributed by atoms with Gasteiger partial charge in [-0.05, 0) is 6.42 Å². The molecular formula is C11H17F3O3. The molecule has 0 amide bonds. The molecule has 0 aromatic rings. The number of hydrogen-bond acceptors (Lipinski definition) is 3. The van der Waals surface area contributed by atoms with E-state index < -0.39 is 43.2 Å². The molecule has 0 heterocycles. The average molecular weight is 254 g/mol. The van der Waals surface area contributed by atoms with E-state index in [0.717, 1.165) is 0 Å². The number of alkyl halides is 3. The van der Waals surface area contributed by atoms with Gasteiger partial charge in [0, 0.05) is 24.7 Å². The molecule has 1 atom stereocenters. The zero-order valence-corrected chi connectivity index (χ0v) is 9.88. The van der Waals surface area contributed by atoms with E-state index in [1.165, 1.54) is 0 Å². The van der Waals surface area contributed by atoms with Gasteiger partial charge in [-0.2, -0.15) is 13.2 Å². The van der Waals surface area contributed by atoms with Crippen molar-refractivity contribution in [2.75, 3.05) is 6.61 Å². The van der Waals surface area contributed by atoms with Crippen LogP contribution in [0.5, 0.6) is 0 Å². The topological polar surface area (TPSA) is 54.4 Å². The maximum absolute atomic E-state index is 12.1. The smallest absolute Gasteiger partial charge is 0.389 e. The number of aliphatic hydroxyl groups excluding tert-OH is 1. The van der Waals surface area contributed by atoms with Crippen LogP contribution in [0.15, 0.2) is 0 Å². The van der Waals surface area contributed by atoms with Crippen LogP contribution in [0.4, 0.5) is 13.2 Å². The number of hydrogen-bond donors (Lipinski definition) is 1.